The van der Waals surface area contributed by atoms with Gasteiger partial charge in [-0.15, -0.1) is 10.2 Å². The van der Waals surface area contributed by atoms with Gasteiger partial charge < -0.3 is 10.6 Å². The Hall–Kier alpha value is -3.79. The number of anilines is 2. The Morgan fingerprint density at radius 3 is 2.68 bits per heavy atom. The molecule has 0 fully saturated rings. The number of hydrogen-bond donors (Lipinski definition) is 2. The van der Waals surface area contributed by atoms with Gasteiger partial charge in [-0.25, -0.2) is 0 Å². The zero-order valence-electron chi connectivity index (χ0n) is 13.2. The second-order valence-corrected chi connectivity index (χ2v) is 5.13. The maximum absolute atomic E-state index is 12.2. The third-order valence-electron chi connectivity index (χ3n) is 3.39. The lowest BCUT2D eigenvalue weighted by Gasteiger charge is -2.07. The van der Waals surface area contributed by atoms with Crippen molar-refractivity contribution in [1.82, 2.24) is 15.2 Å². The fourth-order valence-electron chi connectivity index (χ4n) is 2.12. The summed E-state index contributed by atoms with van der Waals surface area (Å²) in [7, 11) is 0. The summed E-state index contributed by atoms with van der Waals surface area (Å²) < 4.78 is 0. The average molecular weight is 330 g/mol. The Kier molecular flexibility index (Phi) is 4.93. The van der Waals surface area contributed by atoms with E-state index in [1.165, 1.54) is 0 Å². The van der Waals surface area contributed by atoms with E-state index in [2.05, 4.69) is 25.8 Å². The molecule has 122 valence electrons. The van der Waals surface area contributed by atoms with Gasteiger partial charge in [0.1, 0.15) is 11.9 Å². The first-order valence-electron chi connectivity index (χ1n) is 7.53. The van der Waals surface area contributed by atoms with E-state index in [0.29, 0.717) is 23.6 Å². The van der Waals surface area contributed by atoms with Gasteiger partial charge in [0.15, 0.2) is 5.69 Å². The van der Waals surface area contributed by atoms with Crippen molar-refractivity contribution in [3.05, 3.63) is 77.7 Å². The van der Waals surface area contributed by atoms with Crippen LogP contribution >= 0.6 is 0 Å². The van der Waals surface area contributed by atoms with Crippen LogP contribution in [0, 0.1) is 11.3 Å². The average Bonchev–Trinajstić information content (AvgIpc) is 2.68. The zero-order valence-corrected chi connectivity index (χ0v) is 13.2. The summed E-state index contributed by atoms with van der Waals surface area (Å²) in [5.74, 6) is 0.131. The van der Waals surface area contributed by atoms with Gasteiger partial charge in [0, 0.05) is 18.9 Å². The smallest absolute Gasteiger partial charge is 0.276 e. The second-order valence-electron chi connectivity index (χ2n) is 5.13. The zero-order chi connectivity index (χ0) is 17.5. The van der Waals surface area contributed by atoms with Crippen molar-refractivity contribution >= 4 is 17.4 Å². The molecule has 2 N–H and O–H groups in total. The number of nitrogens with one attached hydrogen (secondary N) is 2. The maximum atomic E-state index is 12.2. The van der Waals surface area contributed by atoms with Crippen molar-refractivity contribution in [2.24, 2.45) is 0 Å². The van der Waals surface area contributed by atoms with E-state index in [4.69, 9.17) is 5.26 Å². The van der Waals surface area contributed by atoms with Gasteiger partial charge in [0.2, 0.25) is 0 Å². The Morgan fingerprint density at radius 1 is 1.08 bits per heavy atom. The van der Waals surface area contributed by atoms with Gasteiger partial charge in [-0.05, 0) is 35.9 Å². The second kappa shape index (κ2) is 7.66. The van der Waals surface area contributed by atoms with Crippen molar-refractivity contribution in [3.8, 4) is 6.07 Å². The minimum Gasteiger partial charge on any atom is -0.364 e. The highest BCUT2D eigenvalue weighted by molar-refractivity contribution is 6.03. The van der Waals surface area contributed by atoms with Crippen molar-refractivity contribution in [2.45, 2.75) is 6.54 Å². The SMILES string of the molecule is N#Cc1ccccc1NC(=O)c1ccc(NCc2cccnc2)nn1. The third kappa shape index (κ3) is 4.14. The summed E-state index contributed by atoms with van der Waals surface area (Å²) in [6.45, 7) is 0.559. The van der Waals surface area contributed by atoms with E-state index in [0.717, 1.165) is 5.56 Å². The van der Waals surface area contributed by atoms with E-state index in [-0.39, 0.29) is 5.69 Å². The van der Waals surface area contributed by atoms with Crippen LogP contribution in [0.15, 0.2) is 60.9 Å². The molecule has 0 aliphatic heterocycles. The number of carbonyl (C=O) groups excluding carboxylic acids is 1. The summed E-state index contributed by atoms with van der Waals surface area (Å²) >= 11 is 0. The lowest BCUT2D eigenvalue weighted by Crippen LogP contribution is -2.15. The third-order valence-corrected chi connectivity index (χ3v) is 3.39. The summed E-state index contributed by atoms with van der Waals surface area (Å²) in [6.07, 6.45) is 3.47. The number of aromatic nitrogens is 3. The molecule has 3 aromatic rings. The minimum atomic E-state index is -0.422. The van der Waals surface area contributed by atoms with E-state index >= 15 is 0 Å². The molecular weight excluding hydrogens is 316 g/mol. The molecule has 2 aromatic heterocycles. The van der Waals surface area contributed by atoms with Crippen molar-refractivity contribution in [1.29, 1.82) is 5.26 Å². The molecule has 0 spiro atoms. The lowest BCUT2D eigenvalue weighted by atomic mass is 10.2. The molecule has 1 amide bonds. The van der Waals surface area contributed by atoms with Crippen LogP contribution in [0.1, 0.15) is 21.6 Å². The van der Waals surface area contributed by atoms with Crippen LogP contribution in [0.3, 0.4) is 0 Å². The van der Waals surface area contributed by atoms with Crippen molar-refractivity contribution in [3.63, 3.8) is 0 Å². The largest absolute Gasteiger partial charge is 0.364 e. The fourth-order valence-corrected chi connectivity index (χ4v) is 2.12. The van der Waals surface area contributed by atoms with E-state index in [9.17, 15) is 4.79 Å². The highest BCUT2D eigenvalue weighted by atomic mass is 16.1. The molecule has 25 heavy (non-hydrogen) atoms. The number of carbonyl (C=O) groups is 1. The Morgan fingerprint density at radius 2 is 1.96 bits per heavy atom. The summed E-state index contributed by atoms with van der Waals surface area (Å²) in [5, 5.41) is 22.7. The number of amides is 1. The Balaban J connectivity index is 1.63. The van der Waals surface area contributed by atoms with Gasteiger partial charge >= 0.3 is 0 Å². The van der Waals surface area contributed by atoms with Crippen LogP contribution < -0.4 is 10.6 Å². The molecule has 3 rings (SSSR count). The quantitative estimate of drug-likeness (QED) is 0.745. The van der Waals surface area contributed by atoms with Crippen molar-refractivity contribution in [2.75, 3.05) is 10.6 Å². The molecule has 7 nitrogen and oxygen atoms in total. The predicted octanol–water partition coefficient (Wildman–Crippen LogP) is 2.61. The van der Waals surface area contributed by atoms with E-state index < -0.39 is 5.91 Å². The minimum absolute atomic E-state index is 0.166. The topological polar surface area (TPSA) is 104 Å². The predicted molar refractivity (Wildman–Crippen MR) is 92.7 cm³/mol. The van der Waals surface area contributed by atoms with Gasteiger partial charge in [-0.2, -0.15) is 5.26 Å². The number of nitriles is 1. The first kappa shape index (κ1) is 16.1. The number of benzene rings is 1. The highest BCUT2D eigenvalue weighted by Gasteiger charge is 2.11. The fraction of sp³-hybridized carbons (Fsp3) is 0.0556. The van der Waals surface area contributed by atoms with Crippen LogP contribution in [0.5, 0.6) is 0 Å². The van der Waals surface area contributed by atoms with Crippen LogP contribution in [-0.4, -0.2) is 21.1 Å². The standard InChI is InChI=1S/C18H14N6O/c19-10-14-5-1-2-6-15(14)22-18(25)16-7-8-17(24-23-16)21-12-13-4-3-9-20-11-13/h1-9,11H,12H2,(H,21,24)(H,22,25). The number of hydrogen-bond acceptors (Lipinski definition) is 6. The highest BCUT2D eigenvalue weighted by Crippen LogP contribution is 2.14. The van der Waals surface area contributed by atoms with Gasteiger partial charge in [0.25, 0.3) is 5.91 Å². The van der Waals surface area contributed by atoms with E-state index in [1.54, 1.807) is 48.8 Å². The van der Waals surface area contributed by atoms with Gasteiger partial charge in [0.05, 0.1) is 11.3 Å². The summed E-state index contributed by atoms with van der Waals surface area (Å²) in [4.78, 5) is 16.3. The molecule has 1 aromatic carbocycles. The molecule has 0 aliphatic carbocycles. The molecule has 7 heteroatoms. The van der Waals surface area contributed by atoms with Crippen LogP contribution in [-0.2, 0) is 6.54 Å². The van der Waals surface area contributed by atoms with Crippen LogP contribution in [0.2, 0.25) is 0 Å². The summed E-state index contributed by atoms with van der Waals surface area (Å²) in [5.41, 5.74) is 2.01. The first-order valence-corrected chi connectivity index (χ1v) is 7.53. The Bertz CT molecular complexity index is 903. The Labute approximate surface area is 144 Å². The molecule has 0 aliphatic rings. The molecule has 0 saturated heterocycles. The van der Waals surface area contributed by atoms with Crippen LogP contribution in [0.25, 0.3) is 0 Å². The van der Waals surface area contributed by atoms with E-state index in [1.807, 2.05) is 18.2 Å². The molecule has 0 saturated carbocycles. The first-order chi connectivity index (χ1) is 12.3. The molecule has 0 bridgehead atoms. The maximum Gasteiger partial charge on any atom is 0.276 e. The lowest BCUT2D eigenvalue weighted by molar-refractivity contribution is 0.102. The number of para-hydroxylation sites is 1. The molecular formula is C18H14N6O. The number of rotatable bonds is 5. The van der Waals surface area contributed by atoms with Crippen molar-refractivity contribution < 1.29 is 4.79 Å². The van der Waals surface area contributed by atoms with Gasteiger partial charge in [-0.1, -0.05) is 18.2 Å². The normalized spacial score (nSPS) is 9.88. The molecule has 0 radical (unpaired) electrons. The molecule has 0 unspecified atom stereocenters. The van der Waals surface area contributed by atoms with Crippen LogP contribution in [0.4, 0.5) is 11.5 Å². The monoisotopic (exact) mass is 330 g/mol. The number of pyridine rings is 1. The summed E-state index contributed by atoms with van der Waals surface area (Å²) in [6, 6.07) is 15.8. The molecule has 0 atom stereocenters. The van der Waals surface area contributed by atoms with Gasteiger partial charge in [-0.3, -0.25) is 9.78 Å². The number of nitrogens with zero attached hydrogens (tertiary/aromatic N) is 4. The molecule has 2 heterocycles.